The first-order valence-electron chi connectivity index (χ1n) is 7.03. The standard InChI is InChI=1S/C19H19ClO/c1-15-6-5-8-18(12-15)14-21-19-10-9-17(13-16(19)2)7-3-4-11-20/h5-6,8-10,12-13H,4,11,14H2,1-2H3. The van der Waals surface area contributed by atoms with E-state index in [9.17, 15) is 0 Å². The monoisotopic (exact) mass is 298 g/mol. The molecule has 0 amide bonds. The molecule has 0 aliphatic heterocycles. The van der Waals surface area contributed by atoms with Crippen molar-refractivity contribution in [3.63, 3.8) is 0 Å². The molecule has 2 rings (SSSR count). The summed E-state index contributed by atoms with van der Waals surface area (Å²) in [5.41, 5.74) is 4.53. The molecule has 0 N–H and O–H groups in total. The van der Waals surface area contributed by atoms with Crippen LogP contribution in [-0.2, 0) is 6.61 Å². The number of halogens is 1. The van der Waals surface area contributed by atoms with E-state index < -0.39 is 0 Å². The molecular formula is C19H19ClO. The number of ether oxygens (including phenoxy) is 1. The van der Waals surface area contributed by atoms with Gasteiger partial charge in [-0.15, -0.1) is 11.6 Å². The van der Waals surface area contributed by atoms with Crippen molar-refractivity contribution in [2.75, 3.05) is 5.88 Å². The van der Waals surface area contributed by atoms with Gasteiger partial charge in [0.05, 0.1) is 0 Å². The second kappa shape index (κ2) is 7.76. The molecule has 21 heavy (non-hydrogen) atoms. The summed E-state index contributed by atoms with van der Waals surface area (Å²) >= 11 is 5.61. The predicted octanol–water partition coefficient (Wildman–Crippen LogP) is 4.86. The van der Waals surface area contributed by atoms with Gasteiger partial charge in [-0.3, -0.25) is 0 Å². The van der Waals surface area contributed by atoms with Crippen LogP contribution in [0.4, 0.5) is 0 Å². The van der Waals surface area contributed by atoms with E-state index in [-0.39, 0.29) is 0 Å². The van der Waals surface area contributed by atoms with Crippen LogP contribution in [0, 0.1) is 25.7 Å². The maximum Gasteiger partial charge on any atom is 0.122 e. The summed E-state index contributed by atoms with van der Waals surface area (Å²) in [5, 5.41) is 0. The molecule has 2 heteroatoms. The highest BCUT2D eigenvalue weighted by atomic mass is 35.5. The maximum atomic E-state index is 5.89. The Morgan fingerprint density at radius 2 is 1.95 bits per heavy atom. The van der Waals surface area contributed by atoms with Crippen LogP contribution in [0.5, 0.6) is 5.75 Å². The van der Waals surface area contributed by atoms with Crippen LogP contribution < -0.4 is 4.74 Å². The molecule has 0 aromatic heterocycles. The first kappa shape index (κ1) is 15.5. The second-order valence-corrected chi connectivity index (χ2v) is 5.38. The van der Waals surface area contributed by atoms with Crippen LogP contribution in [0.15, 0.2) is 42.5 Å². The van der Waals surface area contributed by atoms with Gasteiger partial charge in [-0.05, 0) is 43.2 Å². The van der Waals surface area contributed by atoms with Crippen molar-refractivity contribution in [2.45, 2.75) is 26.9 Å². The lowest BCUT2D eigenvalue weighted by atomic mass is 10.1. The maximum absolute atomic E-state index is 5.89. The van der Waals surface area contributed by atoms with Crippen LogP contribution in [0.25, 0.3) is 0 Å². The van der Waals surface area contributed by atoms with Gasteiger partial charge in [0, 0.05) is 17.9 Å². The van der Waals surface area contributed by atoms with Crippen LogP contribution >= 0.6 is 11.6 Å². The van der Waals surface area contributed by atoms with E-state index in [1.807, 2.05) is 25.1 Å². The average molecular weight is 299 g/mol. The van der Waals surface area contributed by atoms with E-state index >= 15 is 0 Å². The van der Waals surface area contributed by atoms with Gasteiger partial charge in [0.25, 0.3) is 0 Å². The highest BCUT2D eigenvalue weighted by Gasteiger charge is 2.01. The smallest absolute Gasteiger partial charge is 0.122 e. The Balaban J connectivity index is 2.03. The van der Waals surface area contributed by atoms with E-state index in [1.165, 1.54) is 11.1 Å². The first-order valence-corrected chi connectivity index (χ1v) is 7.56. The Bertz CT molecular complexity index is 665. The summed E-state index contributed by atoms with van der Waals surface area (Å²) in [5.74, 6) is 7.62. The molecule has 0 saturated carbocycles. The highest BCUT2D eigenvalue weighted by Crippen LogP contribution is 2.20. The molecule has 0 radical (unpaired) electrons. The zero-order valence-electron chi connectivity index (χ0n) is 12.4. The lowest BCUT2D eigenvalue weighted by molar-refractivity contribution is 0.304. The second-order valence-electron chi connectivity index (χ2n) is 5.00. The van der Waals surface area contributed by atoms with Gasteiger partial charge >= 0.3 is 0 Å². The van der Waals surface area contributed by atoms with Crippen LogP contribution in [0.3, 0.4) is 0 Å². The molecule has 108 valence electrons. The van der Waals surface area contributed by atoms with Gasteiger partial charge in [-0.25, -0.2) is 0 Å². The largest absolute Gasteiger partial charge is 0.489 e. The third kappa shape index (κ3) is 4.85. The highest BCUT2D eigenvalue weighted by molar-refractivity contribution is 6.18. The van der Waals surface area contributed by atoms with E-state index in [1.54, 1.807) is 0 Å². The van der Waals surface area contributed by atoms with Crippen molar-refractivity contribution in [3.05, 3.63) is 64.7 Å². The first-order chi connectivity index (χ1) is 10.2. The van der Waals surface area contributed by atoms with Crippen molar-refractivity contribution in [2.24, 2.45) is 0 Å². The minimum absolute atomic E-state index is 0.573. The van der Waals surface area contributed by atoms with E-state index in [0.29, 0.717) is 18.9 Å². The molecule has 0 spiro atoms. The number of benzene rings is 2. The molecule has 0 fully saturated rings. The zero-order chi connectivity index (χ0) is 15.1. The SMILES string of the molecule is Cc1cccc(COc2ccc(C#CCCCl)cc2C)c1. The zero-order valence-corrected chi connectivity index (χ0v) is 13.2. The van der Waals surface area contributed by atoms with Crippen LogP contribution in [-0.4, -0.2) is 5.88 Å². The summed E-state index contributed by atoms with van der Waals surface area (Å²) in [6, 6.07) is 14.4. The third-order valence-electron chi connectivity index (χ3n) is 3.10. The van der Waals surface area contributed by atoms with Crippen molar-refractivity contribution in [3.8, 4) is 17.6 Å². The van der Waals surface area contributed by atoms with Crippen molar-refractivity contribution in [1.82, 2.24) is 0 Å². The number of hydrogen-bond acceptors (Lipinski definition) is 1. The molecule has 1 nitrogen and oxygen atoms in total. The van der Waals surface area contributed by atoms with Gasteiger partial charge in [0.2, 0.25) is 0 Å². The number of aryl methyl sites for hydroxylation is 2. The molecule has 0 aliphatic carbocycles. The molecule has 0 bridgehead atoms. The molecule has 0 aliphatic rings. The van der Waals surface area contributed by atoms with Gasteiger partial charge in [-0.1, -0.05) is 41.7 Å². The van der Waals surface area contributed by atoms with E-state index in [4.69, 9.17) is 16.3 Å². The summed E-state index contributed by atoms with van der Waals surface area (Å²) in [4.78, 5) is 0. The molecule has 0 heterocycles. The number of rotatable bonds is 4. The Morgan fingerprint density at radius 1 is 1.10 bits per heavy atom. The normalized spacial score (nSPS) is 9.86. The minimum atomic E-state index is 0.573. The minimum Gasteiger partial charge on any atom is -0.489 e. The van der Waals surface area contributed by atoms with Crippen LogP contribution in [0.1, 0.15) is 28.7 Å². The molecule has 2 aromatic carbocycles. The quantitative estimate of drug-likeness (QED) is 0.578. The van der Waals surface area contributed by atoms with Crippen molar-refractivity contribution >= 4 is 11.6 Å². The molecule has 0 saturated heterocycles. The topological polar surface area (TPSA) is 9.23 Å². The molecule has 2 aromatic rings. The Labute approximate surface area is 131 Å². The van der Waals surface area contributed by atoms with Gasteiger partial charge in [0.1, 0.15) is 12.4 Å². The van der Waals surface area contributed by atoms with Crippen molar-refractivity contribution in [1.29, 1.82) is 0 Å². The third-order valence-corrected chi connectivity index (χ3v) is 3.29. The Kier molecular flexibility index (Phi) is 5.72. The summed E-state index contributed by atoms with van der Waals surface area (Å²) in [6.45, 7) is 4.71. The number of hydrogen-bond donors (Lipinski definition) is 0. The fraction of sp³-hybridized carbons (Fsp3) is 0.263. The molecular weight excluding hydrogens is 280 g/mol. The van der Waals surface area contributed by atoms with Gasteiger partial charge < -0.3 is 4.74 Å². The fourth-order valence-corrected chi connectivity index (χ4v) is 2.16. The van der Waals surface area contributed by atoms with E-state index in [0.717, 1.165) is 16.9 Å². The summed E-state index contributed by atoms with van der Waals surface area (Å²) < 4.78 is 5.89. The fourth-order valence-electron chi connectivity index (χ4n) is 2.06. The Hall–Kier alpha value is -1.91. The predicted molar refractivity (Wildman–Crippen MR) is 88.9 cm³/mol. The Morgan fingerprint density at radius 3 is 2.67 bits per heavy atom. The molecule has 0 unspecified atom stereocenters. The lowest BCUT2D eigenvalue weighted by Crippen LogP contribution is -1.97. The average Bonchev–Trinajstić information content (AvgIpc) is 2.47. The molecule has 0 atom stereocenters. The lowest BCUT2D eigenvalue weighted by Gasteiger charge is -2.10. The van der Waals surface area contributed by atoms with E-state index in [2.05, 4.69) is 43.0 Å². The van der Waals surface area contributed by atoms with Gasteiger partial charge in [-0.2, -0.15) is 0 Å². The van der Waals surface area contributed by atoms with Crippen molar-refractivity contribution < 1.29 is 4.74 Å². The number of alkyl halides is 1. The van der Waals surface area contributed by atoms with Crippen LogP contribution in [0.2, 0.25) is 0 Å². The summed E-state index contributed by atoms with van der Waals surface area (Å²) in [6.07, 6.45) is 0.714. The summed E-state index contributed by atoms with van der Waals surface area (Å²) in [7, 11) is 0. The van der Waals surface area contributed by atoms with Gasteiger partial charge in [0.15, 0.2) is 0 Å².